The fraction of sp³-hybridized carbons (Fsp3) is 0.111. The lowest BCUT2D eigenvalue weighted by Crippen LogP contribution is -2.25. The number of amides is 1. The van der Waals surface area contributed by atoms with E-state index in [0.29, 0.717) is 28.6 Å². The van der Waals surface area contributed by atoms with E-state index >= 15 is 0 Å². The number of hydrogen-bond donors (Lipinski definition) is 1. The molecule has 0 bridgehead atoms. The predicted octanol–water partition coefficient (Wildman–Crippen LogP) is 3.38. The molecule has 2 aromatic rings. The largest absolute Gasteiger partial charge is 0.496 e. The minimum absolute atomic E-state index is 0.266. The molecule has 0 radical (unpaired) electrons. The summed E-state index contributed by atoms with van der Waals surface area (Å²) in [4.78, 5) is 16.7. The maximum absolute atomic E-state index is 12.3. The number of carbonyl (C=O) groups is 1. The number of benzene rings is 2. The van der Waals surface area contributed by atoms with E-state index in [4.69, 9.17) is 9.47 Å². The third kappa shape index (κ3) is 3.19. The molecule has 0 aromatic heterocycles. The Morgan fingerprint density at radius 1 is 1.08 bits per heavy atom. The molecule has 1 heterocycles. The minimum atomic E-state index is -0.266. The van der Waals surface area contributed by atoms with Crippen LogP contribution in [0, 0.1) is 0 Å². The Balaban J connectivity index is 2.04. The molecule has 1 aliphatic rings. The van der Waals surface area contributed by atoms with E-state index in [2.05, 4.69) is 26.2 Å². The van der Waals surface area contributed by atoms with Crippen molar-refractivity contribution in [3.05, 3.63) is 63.8 Å². The summed E-state index contributed by atoms with van der Waals surface area (Å²) in [7, 11) is 3.13. The van der Waals surface area contributed by atoms with Crippen LogP contribution in [0.25, 0.3) is 6.08 Å². The Kier molecular flexibility index (Phi) is 4.66. The van der Waals surface area contributed by atoms with Gasteiger partial charge in [0.15, 0.2) is 0 Å². The van der Waals surface area contributed by atoms with Gasteiger partial charge in [0.05, 0.1) is 14.2 Å². The fourth-order valence-corrected chi connectivity index (χ4v) is 2.84. The van der Waals surface area contributed by atoms with Crippen molar-refractivity contribution >= 4 is 33.7 Å². The van der Waals surface area contributed by atoms with Gasteiger partial charge in [-0.1, -0.05) is 34.1 Å². The molecule has 0 fully saturated rings. The molecule has 1 aliphatic heterocycles. The Hall–Kier alpha value is -2.60. The quantitative estimate of drug-likeness (QED) is 0.819. The summed E-state index contributed by atoms with van der Waals surface area (Å²) in [6.07, 6.45) is 1.73. The second kappa shape index (κ2) is 6.88. The molecule has 6 heteroatoms. The van der Waals surface area contributed by atoms with Gasteiger partial charge in [-0.05, 0) is 35.9 Å². The van der Waals surface area contributed by atoms with Gasteiger partial charge >= 0.3 is 0 Å². The average Bonchev–Trinajstić information content (AvgIpc) is 2.94. The maximum Gasteiger partial charge on any atom is 0.275 e. The highest BCUT2D eigenvalue weighted by molar-refractivity contribution is 9.10. The van der Waals surface area contributed by atoms with Crippen molar-refractivity contribution in [1.29, 1.82) is 0 Å². The Morgan fingerprint density at radius 2 is 1.75 bits per heavy atom. The van der Waals surface area contributed by atoms with Crippen LogP contribution < -0.4 is 14.8 Å². The third-order valence-electron chi connectivity index (χ3n) is 3.51. The number of hydrogen-bond acceptors (Lipinski definition) is 4. The second-order valence-electron chi connectivity index (χ2n) is 5.04. The van der Waals surface area contributed by atoms with Crippen molar-refractivity contribution in [2.45, 2.75) is 0 Å². The smallest absolute Gasteiger partial charge is 0.275 e. The van der Waals surface area contributed by atoms with Crippen LogP contribution in [0.2, 0.25) is 0 Å². The number of halogens is 1. The molecule has 0 spiro atoms. The average molecular weight is 387 g/mol. The van der Waals surface area contributed by atoms with Gasteiger partial charge in [-0.15, -0.1) is 0 Å². The highest BCUT2D eigenvalue weighted by atomic mass is 79.9. The standard InChI is InChI=1S/C18H15BrN2O3/c1-23-14-7-4-8-15(24-2)16(14)17-20-13(18(22)21-17)10-11-5-3-6-12(19)9-11/h3-10H,1-2H3,(H,20,21,22)/b13-10+. The summed E-state index contributed by atoms with van der Waals surface area (Å²) in [6.45, 7) is 0. The molecule has 0 unspecified atom stereocenters. The van der Waals surface area contributed by atoms with E-state index in [1.165, 1.54) is 0 Å². The monoisotopic (exact) mass is 386 g/mol. The lowest BCUT2D eigenvalue weighted by Gasteiger charge is -2.12. The van der Waals surface area contributed by atoms with Crippen molar-refractivity contribution in [1.82, 2.24) is 5.32 Å². The van der Waals surface area contributed by atoms with Crippen LogP contribution in [0.3, 0.4) is 0 Å². The van der Waals surface area contributed by atoms with Crippen LogP contribution in [0.1, 0.15) is 11.1 Å². The minimum Gasteiger partial charge on any atom is -0.496 e. The number of aliphatic imine (C=N–C) groups is 1. The Morgan fingerprint density at radius 3 is 2.38 bits per heavy atom. The number of rotatable bonds is 4. The Bertz CT molecular complexity index is 837. The zero-order chi connectivity index (χ0) is 17.1. The molecule has 2 aromatic carbocycles. The number of nitrogens with zero attached hydrogens (tertiary/aromatic N) is 1. The number of amidine groups is 1. The first kappa shape index (κ1) is 16.3. The summed E-state index contributed by atoms with van der Waals surface area (Å²) in [5.74, 6) is 1.31. The van der Waals surface area contributed by atoms with Crippen LogP contribution >= 0.6 is 15.9 Å². The summed E-state index contributed by atoms with van der Waals surface area (Å²) < 4.78 is 11.7. The molecule has 24 heavy (non-hydrogen) atoms. The van der Waals surface area contributed by atoms with Crippen molar-refractivity contribution in [2.75, 3.05) is 14.2 Å². The third-order valence-corrected chi connectivity index (χ3v) is 4.01. The highest BCUT2D eigenvalue weighted by Gasteiger charge is 2.26. The first-order valence-corrected chi connectivity index (χ1v) is 8.00. The van der Waals surface area contributed by atoms with Crippen molar-refractivity contribution in [3.63, 3.8) is 0 Å². The van der Waals surface area contributed by atoms with Gasteiger partial charge in [0.1, 0.15) is 28.6 Å². The molecule has 0 aliphatic carbocycles. The van der Waals surface area contributed by atoms with Crippen LogP contribution in [0.15, 0.2) is 57.6 Å². The Labute approximate surface area is 148 Å². The van der Waals surface area contributed by atoms with Gasteiger partial charge in [0.25, 0.3) is 5.91 Å². The van der Waals surface area contributed by atoms with Gasteiger partial charge in [0, 0.05) is 4.47 Å². The molecule has 5 nitrogen and oxygen atoms in total. The number of carbonyl (C=O) groups excluding carboxylic acids is 1. The van der Waals surface area contributed by atoms with Crippen LogP contribution in [0.4, 0.5) is 0 Å². The molecule has 1 amide bonds. The van der Waals surface area contributed by atoms with E-state index in [1.54, 1.807) is 32.4 Å². The van der Waals surface area contributed by atoms with Gasteiger partial charge in [-0.25, -0.2) is 4.99 Å². The van der Waals surface area contributed by atoms with E-state index in [1.807, 2.05) is 30.3 Å². The van der Waals surface area contributed by atoms with Crippen molar-refractivity contribution in [2.24, 2.45) is 4.99 Å². The van der Waals surface area contributed by atoms with Crippen LogP contribution in [0.5, 0.6) is 11.5 Å². The van der Waals surface area contributed by atoms with E-state index < -0.39 is 0 Å². The van der Waals surface area contributed by atoms with E-state index in [-0.39, 0.29) is 5.91 Å². The number of nitrogens with one attached hydrogen (secondary N) is 1. The molecular formula is C18H15BrN2O3. The van der Waals surface area contributed by atoms with Gasteiger partial charge < -0.3 is 14.8 Å². The van der Waals surface area contributed by atoms with Crippen LogP contribution in [-0.4, -0.2) is 26.0 Å². The molecule has 0 saturated heterocycles. The van der Waals surface area contributed by atoms with Crippen LogP contribution in [-0.2, 0) is 4.79 Å². The molecule has 1 N–H and O–H groups in total. The lowest BCUT2D eigenvalue weighted by atomic mass is 10.1. The summed E-state index contributed by atoms with van der Waals surface area (Å²) in [5, 5.41) is 2.78. The summed E-state index contributed by atoms with van der Waals surface area (Å²) >= 11 is 3.41. The highest BCUT2D eigenvalue weighted by Crippen LogP contribution is 2.30. The van der Waals surface area contributed by atoms with E-state index in [0.717, 1.165) is 10.0 Å². The molecule has 0 saturated carbocycles. The predicted molar refractivity (Wildman–Crippen MR) is 96.3 cm³/mol. The lowest BCUT2D eigenvalue weighted by molar-refractivity contribution is -0.115. The first-order valence-electron chi connectivity index (χ1n) is 7.21. The van der Waals surface area contributed by atoms with Gasteiger partial charge in [0.2, 0.25) is 0 Å². The summed E-state index contributed by atoms with van der Waals surface area (Å²) in [5.41, 5.74) is 1.83. The van der Waals surface area contributed by atoms with Gasteiger partial charge in [-0.2, -0.15) is 0 Å². The second-order valence-corrected chi connectivity index (χ2v) is 5.95. The molecular weight excluding hydrogens is 372 g/mol. The van der Waals surface area contributed by atoms with Crippen molar-refractivity contribution < 1.29 is 14.3 Å². The number of methoxy groups -OCH3 is 2. The van der Waals surface area contributed by atoms with Gasteiger partial charge in [-0.3, -0.25) is 4.79 Å². The fourth-order valence-electron chi connectivity index (χ4n) is 2.43. The topological polar surface area (TPSA) is 59.9 Å². The SMILES string of the molecule is COc1cccc(OC)c1C1=N/C(=C/c2cccc(Br)c2)C(=O)N1. The molecule has 3 rings (SSSR count). The molecule has 0 atom stereocenters. The molecule has 122 valence electrons. The zero-order valence-corrected chi connectivity index (χ0v) is 14.8. The van der Waals surface area contributed by atoms with E-state index in [9.17, 15) is 4.79 Å². The zero-order valence-electron chi connectivity index (χ0n) is 13.2. The van der Waals surface area contributed by atoms with Crippen molar-refractivity contribution in [3.8, 4) is 11.5 Å². The maximum atomic E-state index is 12.3. The number of ether oxygens (including phenoxy) is 2. The normalized spacial score (nSPS) is 15.2. The first-order chi connectivity index (χ1) is 11.6. The summed E-state index contributed by atoms with van der Waals surface area (Å²) in [6, 6.07) is 13.0.